The van der Waals surface area contributed by atoms with E-state index in [1.54, 1.807) is 24.3 Å². The van der Waals surface area contributed by atoms with Crippen LogP contribution in [-0.4, -0.2) is 21.2 Å². The summed E-state index contributed by atoms with van der Waals surface area (Å²) >= 11 is 10.9. The van der Waals surface area contributed by atoms with Crippen LogP contribution < -0.4 is 16.2 Å². The Morgan fingerprint density at radius 3 is 2.56 bits per heavy atom. The highest BCUT2D eigenvalue weighted by atomic mass is 35.5. The molecule has 0 unspecified atom stereocenters. The number of amides is 1. The zero-order valence-electron chi connectivity index (χ0n) is 14.1. The van der Waals surface area contributed by atoms with E-state index in [4.69, 9.17) is 28.3 Å². The van der Waals surface area contributed by atoms with Crippen molar-refractivity contribution in [3.8, 4) is 11.4 Å². The molecule has 0 radical (unpaired) electrons. The molecular weight excluding hydrogens is 386 g/mol. The van der Waals surface area contributed by atoms with Crippen molar-refractivity contribution < 1.29 is 9.32 Å². The number of halogens is 1. The summed E-state index contributed by atoms with van der Waals surface area (Å²) in [6, 6.07) is 16.5. The summed E-state index contributed by atoms with van der Waals surface area (Å²) < 4.78 is 5.17. The summed E-state index contributed by atoms with van der Waals surface area (Å²) in [5.74, 6) is 0.637. The van der Waals surface area contributed by atoms with Gasteiger partial charge in [-0.3, -0.25) is 15.6 Å². The summed E-state index contributed by atoms with van der Waals surface area (Å²) in [7, 11) is 0. The first kappa shape index (κ1) is 18.8. The Hall–Kier alpha value is -2.97. The predicted molar refractivity (Wildman–Crippen MR) is 107 cm³/mol. The van der Waals surface area contributed by atoms with Gasteiger partial charge in [0, 0.05) is 29.1 Å². The van der Waals surface area contributed by atoms with Gasteiger partial charge in [-0.1, -0.05) is 47.1 Å². The van der Waals surface area contributed by atoms with Crippen molar-refractivity contribution in [1.82, 2.24) is 21.0 Å². The van der Waals surface area contributed by atoms with Crippen LogP contribution in [0.5, 0.6) is 0 Å². The molecule has 27 heavy (non-hydrogen) atoms. The normalized spacial score (nSPS) is 10.3. The van der Waals surface area contributed by atoms with E-state index in [2.05, 4.69) is 26.3 Å². The molecule has 0 saturated heterocycles. The molecule has 3 aromatic rings. The average Bonchev–Trinajstić information content (AvgIpc) is 3.16. The van der Waals surface area contributed by atoms with Crippen LogP contribution in [0.15, 0.2) is 59.1 Å². The molecule has 138 valence electrons. The van der Waals surface area contributed by atoms with Crippen LogP contribution in [0, 0.1) is 0 Å². The third-order valence-corrected chi connectivity index (χ3v) is 3.94. The Morgan fingerprint density at radius 2 is 1.81 bits per heavy atom. The van der Waals surface area contributed by atoms with E-state index in [9.17, 15) is 4.79 Å². The largest absolute Gasteiger partial charge is 0.339 e. The molecule has 0 atom stereocenters. The standard InChI is InChI=1S/C18H16ClN5O2S/c19-13-6-8-14(9-7-13)20-18(27)23-22-15(25)10-11-16-21-17(24-26-16)12-4-2-1-3-5-12/h1-9H,10-11H2,(H,22,25)(H2,20,23,27). The summed E-state index contributed by atoms with van der Waals surface area (Å²) in [6.45, 7) is 0. The van der Waals surface area contributed by atoms with Gasteiger partial charge in [0.2, 0.25) is 17.6 Å². The molecule has 7 nitrogen and oxygen atoms in total. The molecule has 1 heterocycles. The fourth-order valence-corrected chi connectivity index (χ4v) is 2.46. The maximum absolute atomic E-state index is 11.9. The lowest BCUT2D eigenvalue weighted by atomic mass is 10.2. The van der Waals surface area contributed by atoms with Crippen molar-refractivity contribution >= 4 is 40.5 Å². The minimum atomic E-state index is -0.255. The quantitative estimate of drug-likeness (QED) is 0.446. The van der Waals surface area contributed by atoms with Gasteiger partial charge in [-0.15, -0.1) is 0 Å². The number of hydrazine groups is 1. The molecule has 9 heteroatoms. The average molecular weight is 402 g/mol. The Morgan fingerprint density at radius 1 is 1.07 bits per heavy atom. The second-order valence-electron chi connectivity index (χ2n) is 5.51. The number of rotatable bonds is 5. The van der Waals surface area contributed by atoms with E-state index in [0.29, 0.717) is 23.2 Å². The molecule has 0 saturated carbocycles. The summed E-state index contributed by atoms with van der Waals surface area (Å²) in [5, 5.41) is 7.73. The van der Waals surface area contributed by atoms with Gasteiger partial charge in [-0.2, -0.15) is 4.98 Å². The SMILES string of the molecule is O=C(CCc1nc(-c2ccccc2)no1)NNC(=S)Nc1ccc(Cl)cc1. The maximum Gasteiger partial charge on any atom is 0.238 e. The van der Waals surface area contributed by atoms with Crippen LogP contribution >= 0.6 is 23.8 Å². The first-order chi connectivity index (χ1) is 13.1. The number of carbonyl (C=O) groups excluding carboxylic acids is 1. The Labute approximate surface area is 166 Å². The van der Waals surface area contributed by atoms with Gasteiger partial charge < -0.3 is 9.84 Å². The minimum absolute atomic E-state index is 0.174. The number of aromatic nitrogens is 2. The molecule has 2 aromatic carbocycles. The lowest BCUT2D eigenvalue weighted by molar-refractivity contribution is -0.121. The first-order valence-corrected chi connectivity index (χ1v) is 8.88. The topological polar surface area (TPSA) is 92.1 Å². The van der Waals surface area contributed by atoms with Crippen LogP contribution in [0.2, 0.25) is 5.02 Å². The molecule has 0 spiro atoms. The minimum Gasteiger partial charge on any atom is -0.339 e. The lowest BCUT2D eigenvalue weighted by Crippen LogP contribution is -2.43. The number of hydrogen-bond acceptors (Lipinski definition) is 5. The molecule has 1 amide bonds. The molecular formula is C18H16ClN5O2S. The molecule has 0 bridgehead atoms. The predicted octanol–water partition coefficient (Wildman–Crippen LogP) is 3.34. The second kappa shape index (κ2) is 9.11. The van der Waals surface area contributed by atoms with Gasteiger partial charge in [0.1, 0.15) is 0 Å². The van der Waals surface area contributed by atoms with E-state index >= 15 is 0 Å². The number of anilines is 1. The third kappa shape index (κ3) is 5.77. The summed E-state index contributed by atoms with van der Waals surface area (Å²) in [6.07, 6.45) is 0.498. The smallest absolute Gasteiger partial charge is 0.238 e. The van der Waals surface area contributed by atoms with Gasteiger partial charge in [-0.05, 0) is 36.5 Å². The molecule has 0 fully saturated rings. The first-order valence-electron chi connectivity index (χ1n) is 8.09. The molecule has 3 N–H and O–H groups in total. The highest BCUT2D eigenvalue weighted by molar-refractivity contribution is 7.80. The highest BCUT2D eigenvalue weighted by Gasteiger charge is 2.10. The van der Waals surface area contributed by atoms with Gasteiger partial charge in [0.25, 0.3) is 0 Å². The maximum atomic E-state index is 11.9. The van der Waals surface area contributed by atoms with Crippen molar-refractivity contribution in [2.45, 2.75) is 12.8 Å². The van der Waals surface area contributed by atoms with Crippen LogP contribution in [0.3, 0.4) is 0 Å². The molecule has 0 aliphatic heterocycles. The van der Waals surface area contributed by atoms with E-state index in [0.717, 1.165) is 11.3 Å². The Kier molecular flexibility index (Phi) is 6.35. The second-order valence-corrected chi connectivity index (χ2v) is 6.36. The van der Waals surface area contributed by atoms with Crippen LogP contribution in [0.25, 0.3) is 11.4 Å². The third-order valence-electron chi connectivity index (χ3n) is 3.48. The molecule has 3 rings (SSSR count). The van der Waals surface area contributed by atoms with Crippen molar-refractivity contribution in [2.75, 3.05) is 5.32 Å². The van der Waals surface area contributed by atoms with E-state index in [-0.39, 0.29) is 17.4 Å². The van der Waals surface area contributed by atoms with Gasteiger partial charge in [0.05, 0.1) is 0 Å². The van der Waals surface area contributed by atoms with Crippen molar-refractivity contribution in [3.63, 3.8) is 0 Å². The van der Waals surface area contributed by atoms with Crippen LogP contribution in [0.1, 0.15) is 12.3 Å². The molecule has 1 aromatic heterocycles. The van der Waals surface area contributed by atoms with E-state index < -0.39 is 0 Å². The number of benzene rings is 2. The lowest BCUT2D eigenvalue weighted by Gasteiger charge is -2.11. The number of carbonyl (C=O) groups is 1. The van der Waals surface area contributed by atoms with Gasteiger partial charge >= 0.3 is 0 Å². The van der Waals surface area contributed by atoms with Crippen molar-refractivity contribution in [1.29, 1.82) is 0 Å². The van der Waals surface area contributed by atoms with Gasteiger partial charge in [0.15, 0.2) is 5.11 Å². The zero-order chi connectivity index (χ0) is 19.1. The number of aryl methyl sites for hydroxylation is 1. The Balaban J connectivity index is 1.41. The Bertz CT molecular complexity index is 915. The van der Waals surface area contributed by atoms with Crippen LogP contribution in [0.4, 0.5) is 5.69 Å². The van der Waals surface area contributed by atoms with E-state index in [1.165, 1.54) is 0 Å². The zero-order valence-corrected chi connectivity index (χ0v) is 15.7. The number of nitrogens with zero attached hydrogens (tertiary/aromatic N) is 2. The molecule has 0 aliphatic rings. The van der Waals surface area contributed by atoms with Crippen molar-refractivity contribution in [2.24, 2.45) is 0 Å². The number of thiocarbonyl (C=S) groups is 1. The van der Waals surface area contributed by atoms with Gasteiger partial charge in [-0.25, -0.2) is 0 Å². The van der Waals surface area contributed by atoms with E-state index in [1.807, 2.05) is 30.3 Å². The highest BCUT2D eigenvalue weighted by Crippen LogP contribution is 2.15. The number of hydrogen-bond donors (Lipinski definition) is 3. The monoisotopic (exact) mass is 401 g/mol. The number of nitrogens with one attached hydrogen (secondary N) is 3. The van der Waals surface area contributed by atoms with Crippen LogP contribution in [-0.2, 0) is 11.2 Å². The fourth-order valence-electron chi connectivity index (χ4n) is 2.17. The summed E-state index contributed by atoms with van der Waals surface area (Å²) in [5.41, 5.74) is 6.76. The summed E-state index contributed by atoms with van der Waals surface area (Å²) in [4.78, 5) is 16.2. The fraction of sp³-hybridized carbons (Fsp3) is 0.111. The van der Waals surface area contributed by atoms with Crippen molar-refractivity contribution in [3.05, 3.63) is 65.5 Å². The molecule has 0 aliphatic carbocycles.